The third-order valence-corrected chi connectivity index (χ3v) is 4.15. The SMILES string of the molecule is CSc1ccc(C(=O)N2CCCc3c(N)cccc32)o1. The second kappa shape index (κ2) is 5.25. The Hall–Kier alpha value is -1.88. The molecule has 1 aliphatic heterocycles. The summed E-state index contributed by atoms with van der Waals surface area (Å²) in [5.41, 5.74) is 8.72. The predicted molar refractivity (Wildman–Crippen MR) is 81.3 cm³/mol. The lowest BCUT2D eigenvalue weighted by atomic mass is 9.99. The van der Waals surface area contributed by atoms with E-state index in [9.17, 15) is 4.79 Å². The van der Waals surface area contributed by atoms with Gasteiger partial charge in [-0.2, -0.15) is 0 Å². The summed E-state index contributed by atoms with van der Waals surface area (Å²) >= 11 is 1.48. The van der Waals surface area contributed by atoms with Crippen LogP contribution in [0.1, 0.15) is 22.5 Å². The van der Waals surface area contributed by atoms with E-state index < -0.39 is 0 Å². The molecule has 2 aromatic rings. The number of thioether (sulfide) groups is 1. The Kier molecular flexibility index (Phi) is 3.44. The van der Waals surface area contributed by atoms with E-state index in [-0.39, 0.29) is 5.91 Å². The molecule has 0 spiro atoms. The van der Waals surface area contributed by atoms with Gasteiger partial charge in [0, 0.05) is 17.9 Å². The molecule has 0 saturated carbocycles. The van der Waals surface area contributed by atoms with E-state index in [1.54, 1.807) is 11.0 Å². The number of hydrogen-bond acceptors (Lipinski definition) is 4. The van der Waals surface area contributed by atoms with Crippen molar-refractivity contribution in [3.05, 3.63) is 41.7 Å². The van der Waals surface area contributed by atoms with Crippen molar-refractivity contribution in [1.82, 2.24) is 0 Å². The highest BCUT2D eigenvalue weighted by Gasteiger charge is 2.26. The Morgan fingerprint density at radius 1 is 1.35 bits per heavy atom. The van der Waals surface area contributed by atoms with E-state index in [0.29, 0.717) is 12.3 Å². The number of benzene rings is 1. The predicted octanol–water partition coefficient (Wildman–Crippen LogP) is 3.18. The van der Waals surface area contributed by atoms with Gasteiger partial charge in [0.15, 0.2) is 10.9 Å². The number of carbonyl (C=O) groups excluding carboxylic acids is 1. The molecule has 1 amide bonds. The van der Waals surface area contributed by atoms with Crippen molar-refractivity contribution >= 4 is 29.0 Å². The van der Waals surface area contributed by atoms with Gasteiger partial charge in [-0.25, -0.2) is 0 Å². The van der Waals surface area contributed by atoms with Crippen molar-refractivity contribution in [2.24, 2.45) is 0 Å². The van der Waals surface area contributed by atoms with Gasteiger partial charge in [0.25, 0.3) is 5.91 Å². The van der Waals surface area contributed by atoms with Crippen LogP contribution in [0.5, 0.6) is 0 Å². The summed E-state index contributed by atoms with van der Waals surface area (Å²) in [6, 6.07) is 9.26. The number of nitrogens with zero attached hydrogens (tertiary/aromatic N) is 1. The molecule has 0 atom stereocenters. The summed E-state index contributed by atoms with van der Waals surface area (Å²) in [6.07, 6.45) is 3.76. The molecule has 1 aromatic carbocycles. The van der Waals surface area contributed by atoms with Crippen molar-refractivity contribution in [3.8, 4) is 0 Å². The number of nitrogens with two attached hydrogens (primary N) is 1. The van der Waals surface area contributed by atoms with Crippen LogP contribution in [0.25, 0.3) is 0 Å². The molecule has 4 nitrogen and oxygen atoms in total. The lowest BCUT2D eigenvalue weighted by molar-refractivity contribution is 0.0953. The number of nitrogen functional groups attached to an aromatic ring is 1. The van der Waals surface area contributed by atoms with Crippen LogP contribution in [0.15, 0.2) is 39.8 Å². The summed E-state index contributed by atoms with van der Waals surface area (Å²) in [5.74, 6) is 0.279. The zero-order valence-electron chi connectivity index (χ0n) is 11.3. The summed E-state index contributed by atoms with van der Waals surface area (Å²) in [4.78, 5) is 14.3. The number of amides is 1. The number of carbonyl (C=O) groups is 1. The molecule has 0 aliphatic carbocycles. The van der Waals surface area contributed by atoms with E-state index in [1.807, 2.05) is 30.5 Å². The molecule has 104 valence electrons. The first-order chi connectivity index (χ1) is 9.70. The zero-order chi connectivity index (χ0) is 14.1. The van der Waals surface area contributed by atoms with Crippen LogP contribution in [0.3, 0.4) is 0 Å². The van der Waals surface area contributed by atoms with Crippen LogP contribution in [-0.4, -0.2) is 18.7 Å². The number of fused-ring (bicyclic) bond motifs is 1. The second-order valence-electron chi connectivity index (χ2n) is 4.73. The second-order valence-corrected chi connectivity index (χ2v) is 5.54. The van der Waals surface area contributed by atoms with E-state index >= 15 is 0 Å². The molecule has 0 fully saturated rings. The number of furan rings is 1. The highest BCUT2D eigenvalue weighted by Crippen LogP contribution is 2.32. The van der Waals surface area contributed by atoms with Gasteiger partial charge in [0.05, 0.1) is 0 Å². The van der Waals surface area contributed by atoms with Crippen LogP contribution >= 0.6 is 11.8 Å². The quantitative estimate of drug-likeness (QED) is 0.681. The molecule has 20 heavy (non-hydrogen) atoms. The third kappa shape index (κ3) is 2.18. The molecule has 2 N–H and O–H groups in total. The minimum atomic E-state index is -0.100. The minimum Gasteiger partial charge on any atom is -0.445 e. The maximum atomic E-state index is 12.6. The molecule has 0 unspecified atom stereocenters. The first kappa shape index (κ1) is 13.1. The Morgan fingerprint density at radius 3 is 2.95 bits per heavy atom. The van der Waals surface area contributed by atoms with Crippen LogP contribution in [0.2, 0.25) is 0 Å². The Balaban J connectivity index is 1.96. The average Bonchev–Trinajstić information content (AvgIpc) is 2.95. The average molecular weight is 288 g/mol. The summed E-state index contributed by atoms with van der Waals surface area (Å²) in [6.45, 7) is 0.699. The Bertz CT molecular complexity index is 651. The van der Waals surface area contributed by atoms with Gasteiger partial charge in [-0.05, 0) is 48.9 Å². The molecule has 5 heteroatoms. The largest absolute Gasteiger partial charge is 0.445 e. The fraction of sp³-hybridized carbons (Fsp3) is 0.267. The molecule has 1 aromatic heterocycles. The monoisotopic (exact) mass is 288 g/mol. The first-order valence-corrected chi connectivity index (χ1v) is 7.76. The molecular weight excluding hydrogens is 272 g/mol. The van der Waals surface area contributed by atoms with Crippen molar-refractivity contribution in [3.63, 3.8) is 0 Å². The molecule has 0 radical (unpaired) electrons. The van der Waals surface area contributed by atoms with E-state index in [2.05, 4.69) is 0 Å². The van der Waals surface area contributed by atoms with Crippen LogP contribution < -0.4 is 10.6 Å². The summed E-state index contributed by atoms with van der Waals surface area (Å²) < 4.78 is 5.53. The normalized spacial score (nSPS) is 14.2. The Morgan fingerprint density at radius 2 is 2.20 bits per heavy atom. The number of hydrogen-bond donors (Lipinski definition) is 1. The van der Waals surface area contributed by atoms with Gasteiger partial charge < -0.3 is 15.1 Å². The van der Waals surface area contributed by atoms with Gasteiger partial charge >= 0.3 is 0 Å². The van der Waals surface area contributed by atoms with Gasteiger partial charge in [-0.3, -0.25) is 4.79 Å². The zero-order valence-corrected chi connectivity index (χ0v) is 12.1. The summed E-state index contributed by atoms with van der Waals surface area (Å²) in [7, 11) is 0. The van der Waals surface area contributed by atoms with Gasteiger partial charge in [0.1, 0.15) is 0 Å². The molecule has 1 aliphatic rings. The van der Waals surface area contributed by atoms with Crippen molar-refractivity contribution < 1.29 is 9.21 Å². The molecular formula is C15H16N2O2S. The number of rotatable bonds is 2. The molecule has 0 bridgehead atoms. The van der Waals surface area contributed by atoms with Gasteiger partial charge in [-0.15, -0.1) is 0 Å². The fourth-order valence-electron chi connectivity index (χ4n) is 2.54. The maximum Gasteiger partial charge on any atom is 0.294 e. The van der Waals surface area contributed by atoms with Crippen LogP contribution in [-0.2, 0) is 6.42 Å². The molecule has 3 rings (SSSR count). The van der Waals surface area contributed by atoms with Crippen molar-refractivity contribution in [1.29, 1.82) is 0 Å². The first-order valence-electron chi connectivity index (χ1n) is 6.54. The smallest absolute Gasteiger partial charge is 0.294 e. The molecule has 0 saturated heterocycles. The van der Waals surface area contributed by atoms with E-state index in [4.69, 9.17) is 10.2 Å². The van der Waals surface area contributed by atoms with Gasteiger partial charge in [0.2, 0.25) is 0 Å². The third-order valence-electron chi connectivity index (χ3n) is 3.53. The van der Waals surface area contributed by atoms with Crippen LogP contribution in [0, 0.1) is 0 Å². The van der Waals surface area contributed by atoms with Crippen molar-refractivity contribution in [2.75, 3.05) is 23.4 Å². The maximum absolute atomic E-state index is 12.6. The number of anilines is 2. The lowest BCUT2D eigenvalue weighted by Gasteiger charge is -2.29. The topological polar surface area (TPSA) is 59.5 Å². The van der Waals surface area contributed by atoms with Crippen LogP contribution in [0.4, 0.5) is 11.4 Å². The standard InChI is InChI=1S/C15H16N2O2S/c1-20-14-8-7-13(19-14)15(18)17-9-3-4-10-11(16)5-2-6-12(10)17/h2,5-8H,3-4,9,16H2,1H3. The highest BCUT2D eigenvalue weighted by atomic mass is 32.2. The van der Waals surface area contributed by atoms with Crippen molar-refractivity contribution in [2.45, 2.75) is 17.9 Å². The van der Waals surface area contributed by atoms with E-state index in [0.717, 1.165) is 34.9 Å². The fourth-order valence-corrected chi connectivity index (χ4v) is 2.92. The highest BCUT2D eigenvalue weighted by molar-refractivity contribution is 7.98. The lowest BCUT2D eigenvalue weighted by Crippen LogP contribution is -2.35. The van der Waals surface area contributed by atoms with Gasteiger partial charge in [-0.1, -0.05) is 17.8 Å². The van der Waals surface area contributed by atoms with E-state index in [1.165, 1.54) is 11.8 Å². The summed E-state index contributed by atoms with van der Waals surface area (Å²) in [5, 5.41) is 0.748. The molecule has 2 heterocycles. The minimum absolute atomic E-state index is 0.100. The Labute approximate surface area is 121 Å².